The Morgan fingerprint density at radius 2 is 2.15 bits per heavy atom. The van der Waals surface area contributed by atoms with Gasteiger partial charge in [0.2, 0.25) is 0 Å². The molecule has 0 spiro atoms. The molecule has 0 saturated heterocycles. The summed E-state index contributed by atoms with van der Waals surface area (Å²) in [5, 5.41) is 14.5. The number of aryl methyl sites for hydroxylation is 1. The van der Waals surface area contributed by atoms with Gasteiger partial charge in [0.1, 0.15) is 10.7 Å². The van der Waals surface area contributed by atoms with E-state index in [1.54, 1.807) is 0 Å². The Labute approximate surface area is 117 Å². The van der Waals surface area contributed by atoms with Gasteiger partial charge in [0.15, 0.2) is 0 Å². The molecule has 0 aliphatic rings. The smallest absolute Gasteiger partial charge is 0.293 e. The monoisotopic (exact) mass is 315 g/mol. The quantitative estimate of drug-likeness (QED) is 0.489. The molecule has 0 bridgehead atoms. The lowest BCUT2D eigenvalue weighted by molar-refractivity contribution is -0.384. The fourth-order valence-electron chi connectivity index (χ4n) is 1.55. The maximum Gasteiger partial charge on any atom is 0.293 e. The van der Waals surface area contributed by atoms with E-state index in [0.717, 1.165) is 17.6 Å². The van der Waals surface area contributed by atoms with Crippen molar-refractivity contribution in [3.05, 3.63) is 34.0 Å². The molecule has 20 heavy (non-hydrogen) atoms. The third-order valence-corrected chi connectivity index (χ3v) is 4.62. The summed E-state index contributed by atoms with van der Waals surface area (Å²) in [5.74, 6) is 0. The Bertz CT molecular complexity index is 757. The lowest BCUT2D eigenvalue weighted by Crippen LogP contribution is -2.14. The van der Waals surface area contributed by atoms with Gasteiger partial charge in [-0.15, -0.1) is 5.10 Å². The molecular weight excluding hydrogens is 306 g/mol. The number of hydrogen-bond acceptors (Lipinski definition) is 8. The van der Waals surface area contributed by atoms with E-state index in [9.17, 15) is 18.5 Å². The number of benzene rings is 1. The molecule has 0 aliphatic heterocycles. The standard InChI is InChI=1S/C9H9N5O4S2/c1-5-2-6(10)7(14(15)16)3-8(5)20(17,18)12-9-4-11-13-19-9/h2-4,12H,10H2,1H3. The predicted octanol–water partition coefficient (Wildman–Crippen LogP) is 1.14. The molecule has 1 aromatic carbocycles. The zero-order chi connectivity index (χ0) is 14.9. The Kier molecular flexibility index (Phi) is 3.55. The maximum absolute atomic E-state index is 12.2. The number of rotatable bonds is 4. The first-order valence-electron chi connectivity index (χ1n) is 5.16. The highest BCUT2D eigenvalue weighted by molar-refractivity contribution is 7.93. The summed E-state index contributed by atoms with van der Waals surface area (Å²) in [5.41, 5.74) is 5.25. The second-order valence-corrected chi connectivity index (χ2v) is 6.26. The second-order valence-electron chi connectivity index (χ2n) is 3.82. The number of nitro groups is 1. The van der Waals surface area contributed by atoms with Crippen LogP contribution < -0.4 is 10.5 Å². The summed E-state index contributed by atoms with van der Waals surface area (Å²) in [4.78, 5) is 9.87. The topological polar surface area (TPSA) is 141 Å². The molecule has 3 N–H and O–H groups in total. The normalized spacial score (nSPS) is 11.2. The molecule has 2 aromatic rings. The molecule has 11 heteroatoms. The number of aromatic nitrogens is 2. The minimum Gasteiger partial charge on any atom is -0.393 e. The van der Waals surface area contributed by atoms with Gasteiger partial charge in [-0.3, -0.25) is 14.8 Å². The molecule has 9 nitrogen and oxygen atoms in total. The summed E-state index contributed by atoms with van der Waals surface area (Å²) in [6.45, 7) is 1.50. The number of anilines is 2. The number of nitro benzene ring substituents is 1. The Morgan fingerprint density at radius 1 is 1.45 bits per heavy atom. The Hall–Kier alpha value is -2.27. The van der Waals surface area contributed by atoms with E-state index < -0.39 is 20.6 Å². The van der Waals surface area contributed by atoms with Crippen molar-refractivity contribution in [1.29, 1.82) is 0 Å². The van der Waals surface area contributed by atoms with Crippen LogP contribution in [0.1, 0.15) is 5.56 Å². The van der Waals surface area contributed by atoms with Crippen molar-refractivity contribution in [2.45, 2.75) is 11.8 Å². The fraction of sp³-hybridized carbons (Fsp3) is 0.111. The van der Waals surface area contributed by atoms with Crippen LogP contribution in [0.25, 0.3) is 0 Å². The number of nitrogen functional groups attached to an aromatic ring is 1. The van der Waals surface area contributed by atoms with Crippen molar-refractivity contribution in [1.82, 2.24) is 9.59 Å². The molecule has 1 heterocycles. The largest absolute Gasteiger partial charge is 0.393 e. The number of nitrogens with zero attached hydrogens (tertiary/aromatic N) is 3. The van der Waals surface area contributed by atoms with Crippen molar-refractivity contribution in [3.8, 4) is 0 Å². The van der Waals surface area contributed by atoms with Gasteiger partial charge >= 0.3 is 0 Å². The fourth-order valence-corrected chi connectivity index (χ4v) is 3.48. The number of hydrogen-bond donors (Lipinski definition) is 2. The summed E-state index contributed by atoms with van der Waals surface area (Å²) in [6.07, 6.45) is 1.24. The molecular formula is C9H9N5O4S2. The van der Waals surface area contributed by atoms with Crippen molar-refractivity contribution >= 4 is 37.9 Å². The van der Waals surface area contributed by atoms with Gasteiger partial charge < -0.3 is 5.73 Å². The van der Waals surface area contributed by atoms with Crippen LogP contribution in [0.3, 0.4) is 0 Å². The predicted molar refractivity (Wildman–Crippen MR) is 73.0 cm³/mol. The van der Waals surface area contributed by atoms with E-state index in [-0.39, 0.29) is 15.6 Å². The van der Waals surface area contributed by atoms with Crippen LogP contribution in [0.5, 0.6) is 0 Å². The maximum atomic E-state index is 12.2. The minimum absolute atomic E-state index is 0.0918. The first kappa shape index (κ1) is 14.1. The average molecular weight is 315 g/mol. The van der Waals surface area contributed by atoms with E-state index in [1.165, 1.54) is 19.2 Å². The van der Waals surface area contributed by atoms with Gasteiger partial charge in [-0.1, -0.05) is 4.49 Å². The molecule has 0 radical (unpaired) electrons. The van der Waals surface area contributed by atoms with E-state index in [4.69, 9.17) is 5.73 Å². The van der Waals surface area contributed by atoms with Crippen molar-refractivity contribution in [3.63, 3.8) is 0 Å². The lowest BCUT2D eigenvalue weighted by Gasteiger charge is -2.09. The van der Waals surface area contributed by atoms with E-state index >= 15 is 0 Å². The summed E-state index contributed by atoms with van der Waals surface area (Å²) in [6, 6.07) is 2.18. The van der Waals surface area contributed by atoms with Gasteiger partial charge in [-0.2, -0.15) is 0 Å². The van der Waals surface area contributed by atoms with Gasteiger partial charge in [0.05, 0.1) is 16.0 Å². The highest BCUT2D eigenvalue weighted by atomic mass is 32.2. The van der Waals surface area contributed by atoms with Gasteiger partial charge in [-0.05, 0) is 18.6 Å². The number of nitrogens with one attached hydrogen (secondary N) is 1. The van der Waals surface area contributed by atoms with E-state index in [1.807, 2.05) is 0 Å². The first-order chi connectivity index (χ1) is 9.31. The molecule has 0 atom stereocenters. The first-order valence-corrected chi connectivity index (χ1v) is 7.41. The molecule has 0 fully saturated rings. The number of nitrogens with two attached hydrogens (primary N) is 1. The molecule has 2 rings (SSSR count). The summed E-state index contributed by atoms with van der Waals surface area (Å²) < 4.78 is 30.1. The Balaban J connectivity index is 2.51. The SMILES string of the molecule is Cc1cc(N)c([N+](=O)[O-])cc1S(=O)(=O)Nc1cnns1. The molecule has 0 unspecified atom stereocenters. The van der Waals surface area contributed by atoms with Gasteiger partial charge in [0, 0.05) is 17.6 Å². The minimum atomic E-state index is -3.97. The van der Waals surface area contributed by atoms with Crippen LogP contribution >= 0.6 is 11.5 Å². The van der Waals surface area contributed by atoms with Crippen LogP contribution in [0.2, 0.25) is 0 Å². The van der Waals surface area contributed by atoms with Crippen molar-refractivity contribution in [2.75, 3.05) is 10.5 Å². The van der Waals surface area contributed by atoms with Crippen LogP contribution in [-0.2, 0) is 10.0 Å². The molecule has 0 aliphatic carbocycles. The highest BCUT2D eigenvalue weighted by Gasteiger charge is 2.23. The molecule has 1 aromatic heterocycles. The van der Waals surface area contributed by atoms with Gasteiger partial charge in [0.25, 0.3) is 15.7 Å². The van der Waals surface area contributed by atoms with Crippen molar-refractivity contribution in [2.24, 2.45) is 0 Å². The van der Waals surface area contributed by atoms with Crippen molar-refractivity contribution < 1.29 is 13.3 Å². The zero-order valence-electron chi connectivity index (χ0n) is 10.1. The second kappa shape index (κ2) is 5.02. The van der Waals surface area contributed by atoms with E-state index in [0.29, 0.717) is 5.56 Å². The lowest BCUT2D eigenvalue weighted by atomic mass is 10.2. The van der Waals surface area contributed by atoms with Gasteiger partial charge in [-0.25, -0.2) is 8.42 Å². The molecule has 0 saturated carbocycles. The van der Waals surface area contributed by atoms with Crippen LogP contribution in [-0.4, -0.2) is 22.9 Å². The Morgan fingerprint density at radius 3 is 2.70 bits per heavy atom. The summed E-state index contributed by atoms with van der Waals surface area (Å²) in [7, 11) is -3.97. The number of sulfonamides is 1. The molecule has 106 valence electrons. The third kappa shape index (κ3) is 2.67. The van der Waals surface area contributed by atoms with E-state index in [2.05, 4.69) is 14.3 Å². The average Bonchev–Trinajstić information content (AvgIpc) is 2.79. The third-order valence-electron chi connectivity index (χ3n) is 2.41. The zero-order valence-corrected chi connectivity index (χ0v) is 11.7. The highest BCUT2D eigenvalue weighted by Crippen LogP contribution is 2.29. The molecule has 0 amide bonds. The van der Waals surface area contributed by atoms with Crippen LogP contribution in [0, 0.1) is 17.0 Å². The van der Waals surface area contributed by atoms with Crippen LogP contribution in [0.4, 0.5) is 16.4 Å². The summed E-state index contributed by atoms with van der Waals surface area (Å²) >= 11 is 0.854. The van der Waals surface area contributed by atoms with Crippen LogP contribution in [0.15, 0.2) is 23.2 Å².